The largest absolute Gasteiger partial charge is 0.374 e. The molecule has 156 valence electrons. The minimum Gasteiger partial charge on any atom is -0.374 e. The van der Waals surface area contributed by atoms with Crippen molar-refractivity contribution in [3.8, 4) is 0 Å². The first-order valence-corrected chi connectivity index (χ1v) is 12.1. The Kier molecular flexibility index (Phi) is 5.78. The number of nitrogens with one attached hydrogen (secondary N) is 2. The molecule has 1 aliphatic heterocycles. The van der Waals surface area contributed by atoms with Gasteiger partial charge in [-0.3, -0.25) is 9.52 Å². The highest BCUT2D eigenvalue weighted by Gasteiger charge is 2.18. The van der Waals surface area contributed by atoms with E-state index in [1.165, 1.54) is 11.3 Å². The van der Waals surface area contributed by atoms with Crippen LogP contribution in [0.3, 0.4) is 0 Å². The number of aryl methyl sites for hydroxylation is 1. The zero-order valence-electron chi connectivity index (χ0n) is 16.6. The summed E-state index contributed by atoms with van der Waals surface area (Å²) in [5.41, 5.74) is 4.20. The Labute approximate surface area is 180 Å². The molecule has 4 rings (SSSR count). The molecule has 2 heterocycles. The Bertz CT molecular complexity index is 1160. The standard InChI is InChI=1S/C22H23N3O3S2/c1-25-12-4-6-17-14-16(10-11-20(17)25)15-21(26)23-18-7-2-3-8-19(18)24-30(27,28)22-9-5-13-29-22/h2-3,5,7-11,13-14,24H,4,6,12,15H2,1H3,(H,23,26). The summed E-state index contributed by atoms with van der Waals surface area (Å²) in [4.78, 5) is 14.9. The number of amides is 1. The van der Waals surface area contributed by atoms with E-state index in [1.54, 1.807) is 41.8 Å². The molecule has 3 aromatic rings. The number of thiophene rings is 1. The third-order valence-electron chi connectivity index (χ3n) is 5.06. The van der Waals surface area contributed by atoms with E-state index in [9.17, 15) is 13.2 Å². The number of nitrogens with zero attached hydrogens (tertiary/aromatic N) is 1. The topological polar surface area (TPSA) is 78.5 Å². The number of fused-ring (bicyclic) bond motifs is 1. The molecule has 30 heavy (non-hydrogen) atoms. The maximum Gasteiger partial charge on any atom is 0.271 e. The molecule has 0 saturated carbocycles. The molecule has 0 bridgehead atoms. The van der Waals surface area contributed by atoms with Crippen LogP contribution in [0.15, 0.2) is 64.2 Å². The van der Waals surface area contributed by atoms with Gasteiger partial charge in [0.05, 0.1) is 17.8 Å². The lowest BCUT2D eigenvalue weighted by molar-refractivity contribution is -0.115. The summed E-state index contributed by atoms with van der Waals surface area (Å²) in [6.45, 7) is 1.05. The first kappa shape index (κ1) is 20.4. The second-order valence-corrected chi connectivity index (χ2v) is 10.2. The Balaban J connectivity index is 1.48. The predicted octanol–water partition coefficient (Wildman–Crippen LogP) is 4.11. The van der Waals surface area contributed by atoms with Crippen LogP contribution in [0, 0.1) is 0 Å². The Morgan fingerprint density at radius 1 is 1.10 bits per heavy atom. The van der Waals surface area contributed by atoms with E-state index in [4.69, 9.17) is 0 Å². The van der Waals surface area contributed by atoms with Crippen LogP contribution >= 0.6 is 11.3 Å². The molecule has 0 saturated heterocycles. The molecule has 0 radical (unpaired) electrons. The quantitative estimate of drug-likeness (QED) is 0.603. The Morgan fingerprint density at radius 3 is 2.67 bits per heavy atom. The number of rotatable bonds is 6. The Morgan fingerprint density at radius 2 is 1.90 bits per heavy atom. The van der Waals surface area contributed by atoms with E-state index < -0.39 is 10.0 Å². The summed E-state index contributed by atoms with van der Waals surface area (Å²) in [5.74, 6) is -0.193. The normalized spacial score (nSPS) is 13.6. The fraction of sp³-hybridized carbons (Fsp3) is 0.227. The minimum atomic E-state index is -3.69. The van der Waals surface area contributed by atoms with Gasteiger partial charge in [0.15, 0.2) is 0 Å². The average molecular weight is 442 g/mol. The van der Waals surface area contributed by atoms with Gasteiger partial charge in [-0.05, 0) is 53.6 Å². The molecule has 1 aliphatic rings. The lowest BCUT2D eigenvalue weighted by Gasteiger charge is -2.27. The van der Waals surface area contributed by atoms with Gasteiger partial charge in [0.1, 0.15) is 4.21 Å². The van der Waals surface area contributed by atoms with Crippen LogP contribution < -0.4 is 14.9 Å². The maximum absolute atomic E-state index is 12.7. The molecular weight excluding hydrogens is 418 g/mol. The summed E-state index contributed by atoms with van der Waals surface area (Å²) < 4.78 is 27.9. The van der Waals surface area contributed by atoms with Crippen molar-refractivity contribution in [2.24, 2.45) is 0 Å². The summed E-state index contributed by atoms with van der Waals surface area (Å²) in [6.07, 6.45) is 2.35. The fourth-order valence-corrected chi connectivity index (χ4v) is 5.69. The van der Waals surface area contributed by atoms with Gasteiger partial charge in [0.2, 0.25) is 5.91 Å². The van der Waals surface area contributed by atoms with Crippen LogP contribution in [0.1, 0.15) is 17.5 Å². The lowest BCUT2D eigenvalue weighted by Crippen LogP contribution is -2.25. The zero-order chi connectivity index (χ0) is 21.1. The van der Waals surface area contributed by atoms with Crippen LogP contribution in [0.5, 0.6) is 0 Å². The van der Waals surface area contributed by atoms with Crippen LogP contribution in [-0.4, -0.2) is 27.9 Å². The molecule has 0 unspecified atom stereocenters. The highest BCUT2D eigenvalue weighted by molar-refractivity contribution is 7.94. The molecule has 0 atom stereocenters. The van der Waals surface area contributed by atoms with Gasteiger partial charge in [-0.1, -0.05) is 30.3 Å². The molecular formula is C22H23N3O3S2. The molecule has 0 spiro atoms. The van der Waals surface area contributed by atoms with Crippen molar-refractivity contribution in [2.75, 3.05) is 28.5 Å². The molecule has 2 aromatic carbocycles. The summed E-state index contributed by atoms with van der Waals surface area (Å²) >= 11 is 1.14. The third kappa shape index (κ3) is 4.49. The van der Waals surface area contributed by atoms with E-state index in [-0.39, 0.29) is 16.5 Å². The van der Waals surface area contributed by atoms with Crippen LogP contribution in [0.4, 0.5) is 17.1 Å². The summed E-state index contributed by atoms with van der Waals surface area (Å²) in [6, 6.07) is 16.2. The van der Waals surface area contributed by atoms with Gasteiger partial charge < -0.3 is 10.2 Å². The van der Waals surface area contributed by atoms with E-state index in [2.05, 4.69) is 34.1 Å². The molecule has 0 fully saturated rings. The van der Waals surface area contributed by atoms with Crippen LogP contribution in [0.2, 0.25) is 0 Å². The van der Waals surface area contributed by atoms with Gasteiger partial charge in [0.25, 0.3) is 10.0 Å². The number of sulfonamides is 1. The average Bonchev–Trinajstić information content (AvgIpc) is 3.25. The zero-order valence-corrected chi connectivity index (χ0v) is 18.2. The minimum absolute atomic E-state index is 0.193. The molecule has 1 aromatic heterocycles. The van der Waals surface area contributed by atoms with Crippen LogP contribution in [-0.2, 0) is 27.7 Å². The first-order chi connectivity index (χ1) is 14.4. The number of hydrogen-bond acceptors (Lipinski definition) is 5. The molecule has 2 N–H and O–H groups in total. The van der Waals surface area contributed by atoms with Gasteiger partial charge in [-0.15, -0.1) is 11.3 Å². The number of hydrogen-bond donors (Lipinski definition) is 2. The van der Waals surface area contributed by atoms with Crippen molar-refractivity contribution in [2.45, 2.75) is 23.5 Å². The van der Waals surface area contributed by atoms with E-state index >= 15 is 0 Å². The van der Waals surface area contributed by atoms with E-state index in [0.29, 0.717) is 11.4 Å². The van der Waals surface area contributed by atoms with Gasteiger partial charge in [-0.2, -0.15) is 0 Å². The van der Waals surface area contributed by atoms with Gasteiger partial charge >= 0.3 is 0 Å². The van der Waals surface area contributed by atoms with Crippen molar-refractivity contribution < 1.29 is 13.2 Å². The van der Waals surface area contributed by atoms with E-state index in [1.807, 2.05) is 6.07 Å². The summed E-state index contributed by atoms with van der Waals surface area (Å²) in [7, 11) is -1.61. The van der Waals surface area contributed by atoms with Crippen molar-refractivity contribution in [1.29, 1.82) is 0 Å². The van der Waals surface area contributed by atoms with Gasteiger partial charge in [0, 0.05) is 19.3 Å². The number of carbonyl (C=O) groups is 1. The highest BCUT2D eigenvalue weighted by Crippen LogP contribution is 2.28. The number of benzene rings is 2. The second-order valence-electron chi connectivity index (χ2n) is 7.30. The van der Waals surface area contributed by atoms with Crippen molar-refractivity contribution >= 4 is 44.3 Å². The smallest absolute Gasteiger partial charge is 0.271 e. The van der Waals surface area contributed by atoms with E-state index in [0.717, 1.165) is 36.3 Å². The van der Waals surface area contributed by atoms with Crippen molar-refractivity contribution in [1.82, 2.24) is 0 Å². The molecule has 8 heteroatoms. The second kappa shape index (κ2) is 8.49. The van der Waals surface area contributed by atoms with Crippen molar-refractivity contribution in [3.63, 3.8) is 0 Å². The third-order valence-corrected chi connectivity index (χ3v) is 7.83. The predicted molar refractivity (Wildman–Crippen MR) is 122 cm³/mol. The fourth-order valence-electron chi connectivity index (χ4n) is 3.62. The molecule has 0 aliphatic carbocycles. The molecule has 6 nitrogen and oxygen atoms in total. The maximum atomic E-state index is 12.7. The SMILES string of the molecule is CN1CCCc2cc(CC(=O)Nc3ccccc3NS(=O)(=O)c3cccs3)ccc21. The van der Waals surface area contributed by atoms with Gasteiger partial charge in [-0.25, -0.2) is 8.42 Å². The number of carbonyl (C=O) groups excluding carboxylic acids is 1. The first-order valence-electron chi connectivity index (χ1n) is 9.70. The van der Waals surface area contributed by atoms with Crippen LogP contribution in [0.25, 0.3) is 0 Å². The van der Waals surface area contributed by atoms with Crippen molar-refractivity contribution in [3.05, 3.63) is 71.1 Å². The summed E-state index contributed by atoms with van der Waals surface area (Å²) in [5, 5.41) is 4.55. The number of para-hydroxylation sites is 2. The highest BCUT2D eigenvalue weighted by atomic mass is 32.2. The number of anilines is 3. The monoisotopic (exact) mass is 441 g/mol. The lowest BCUT2D eigenvalue weighted by atomic mass is 9.98. The Hall–Kier alpha value is -2.84. The molecule has 1 amide bonds.